The van der Waals surface area contributed by atoms with Gasteiger partial charge in [0.05, 0.1) is 5.56 Å². The average molecular weight is 346 g/mol. The number of nitrogens with one attached hydrogen (secondary N) is 1. The van der Waals surface area contributed by atoms with E-state index in [1.54, 1.807) is 6.20 Å². The molecule has 6 heteroatoms. The lowest BCUT2D eigenvalue weighted by molar-refractivity contribution is -0.126. The van der Waals surface area contributed by atoms with Gasteiger partial charge in [0, 0.05) is 45.8 Å². The van der Waals surface area contributed by atoms with Gasteiger partial charge >= 0.3 is 0 Å². The smallest absolute Gasteiger partial charge is 0.255 e. The van der Waals surface area contributed by atoms with Gasteiger partial charge < -0.3 is 15.1 Å². The zero-order chi connectivity index (χ0) is 18.2. The van der Waals surface area contributed by atoms with Crippen LogP contribution in [0.3, 0.4) is 0 Å². The van der Waals surface area contributed by atoms with E-state index in [-0.39, 0.29) is 17.7 Å². The third-order valence-corrected chi connectivity index (χ3v) is 4.69. The van der Waals surface area contributed by atoms with E-state index >= 15 is 0 Å². The highest BCUT2D eigenvalue weighted by atomic mass is 16.2. The third-order valence-electron chi connectivity index (χ3n) is 4.69. The number of piperidine rings is 1. The third kappa shape index (κ3) is 5.44. The summed E-state index contributed by atoms with van der Waals surface area (Å²) in [5, 5.41) is 3.02. The van der Waals surface area contributed by atoms with Crippen LogP contribution in [0.5, 0.6) is 0 Å². The number of rotatable bonds is 7. The summed E-state index contributed by atoms with van der Waals surface area (Å²) in [6.07, 6.45) is 6.43. The van der Waals surface area contributed by atoms with Crippen molar-refractivity contribution in [2.24, 2.45) is 5.92 Å². The fourth-order valence-corrected chi connectivity index (χ4v) is 3.04. The number of anilines is 1. The predicted octanol–water partition coefficient (Wildman–Crippen LogP) is 2.31. The normalized spacial score (nSPS) is 15.1. The lowest BCUT2D eigenvalue weighted by atomic mass is 9.95. The molecule has 6 nitrogen and oxygen atoms in total. The molecule has 0 aromatic carbocycles. The molecule has 0 spiro atoms. The Hall–Kier alpha value is -2.11. The minimum Gasteiger partial charge on any atom is -0.363 e. The average Bonchev–Trinajstić information content (AvgIpc) is 2.64. The van der Waals surface area contributed by atoms with Crippen LogP contribution >= 0.6 is 0 Å². The molecule has 2 amide bonds. The summed E-state index contributed by atoms with van der Waals surface area (Å²) in [6.45, 7) is 4.16. The lowest BCUT2D eigenvalue weighted by Gasteiger charge is -2.31. The molecule has 1 aliphatic heterocycles. The SMILES string of the molecule is CCCCCNC(=O)C1CCN(C(=O)c2ccc(N(C)C)nc2)CC1. The topological polar surface area (TPSA) is 65.5 Å². The quantitative estimate of drug-likeness (QED) is 0.770. The van der Waals surface area contributed by atoms with Gasteiger partial charge in [0.25, 0.3) is 5.91 Å². The van der Waals surface area contributed by atoms with Gasteiger partial charge in [-0.25, -0.2) is 4.98 Å². The van der Waals surface area contributed by atoms with Crippen LogP contribution in [-0.4, -0.2) is 55.4 Å². The molecule has 1 aromatic rings. The van der Waals surface area contributed by atoms with E-state index in [1.807, 2.05) is 36.0 Å². The maximum Gasteiger partial charge on any atom is 0.255 e. The molecule has 0 radical (unpaired) electrons. The molecule has 1 aromatic heterocycles. The van der Waals surface area contributed by atoms with Gasteiger partial charge in [0.2, 0.25) is 5.91 Å². The van der Waals surface area contributed by atoms with Crippen LogP contribution in [0, 0.1) is 5.92 Å². The molecule has 1 aliphatic rings. The number of pyridine rings is 1. The molecule has 1 fully saturated rings. The standard InChI is InChI=1S/C19H30N4O2/c1-4-5-6-11-20-18(24)15-9-12-23(13-10-15)19(25)16-7-8-17(21-14-16)22(2)3/h7-8,14-15H,4-6,9-13H2,1-3H3,(H,20,24). The molecule has 1 saturated heterocycles. The molecule has 0 atom stereocenters. The molecule has 1 N–H and O–H groups in total. The number of aromatic nitrogens is 1. The van der Waals surface area contributed by atoms with Crippen molar-refractivity contribution in [2.45, 2.75) is 39.0 Å². The second-order valence-corrected chi connectivity index (χ2v) is 6.86. The highest BCUT2D eigenvalue weighted by Crippen LogP contribution is 2.19. The Morgan fingerprint density at radius 3 is 2.52 bits per heavy atom. The zero-order valence-electron chi connectivity index (χ0n) is 15.6. The zero-order valence-corrected chi connectivity index (χ0v) is 15.6. The van der Waals surface area contributed by atoms with Gasteiger partial charge in [-0.3, -0.25) is 9.59 Å². The largest absolute Gasteiger partial charge is 0.363 e. The van der Waals surface area contributed by atoms with Crippen LogP contribution in [0.2, 0.25) is 0 Å². The van der Waals surface area contributed by atoms with Crippen LogP contribution in [0.4, 0.5) is 5.82 Å². The fraction of sp³-hybridized carbons (Fsp3) is 0.632. The molecular weight excluding hydrogens is 316 g/mol. The second kappa shape index (κ2) is 9.39. The van der Waals surface area contributed by atoms with Gasteiger partial charge in [-0.2, -0.15) is 0 Å². The lowest BCUT2D eigenvalue weighted by Crippen LogP contribution is -2.43. The van der Waals surface area contributed by atoms with Crippen molar-refractivity contribution < 1.29 is 9.59 Å². The first-order valence-corrected chi connectivity index (χ1v) is 9.23. The van der Waals surface area contributed by atoms with E-state index in [0.29, 0.717) is 18.7 Å². The molecule has 138 valence electrons. The Kier molecular flexibility index (Phi) is 7.22. The van der Waals surface area contributed by atoms with E-state index in [1.165, 1.54) is 0 Å². The Labute approximate surface area is 150 Å². The van der Waals surface area contributed by atoms with Crippen molar-refractivity contribution in [2.75, 3.05) is 38.6 Å². The van der Waals surface area contributed by atoms with Crippen molar-refractivity contribution >= 4 is 17.6 Å². The van der Waals surface area contributed by atoms with Gasteiger partial charge in [-0.05, 0) is 31.4 Å². The predicted molar refractivity (Wildman–Crippen MR) is 99.7 cm³/mol. The fourth-order valence-electron chi connectivity index (χ4n) is 3.04. The monoisotopic (exact) mass is 346 g/mol. The van der Waals surface area contributed by atoms with Crippen molar-refractivity contribution in [3.63, 3.8) is 0 Å². The van der Waals surface area contributed by atoms with Gasteiger partial charge in [0.15, 0.2) is 0 Å². The highest BCUT2D eigenvalue weighted by Gasteiger charge is 2.27. The highest BCUT2D eigenvalue weighted by molar-refractivity contribution is 5.94. The first kappa shape index (κ1) is 19.2. The minimum absolute atomic E-state index is 0.000361. The molecule has 0 saturated carbocycles. The molecule has 2 heterocycles. The number of hydrogen-bond acceptors (Lipinski definition) is 4. The minimum atomic E-state index is -0.000361. The van der Waals surface area contributed by atoms with Crippen LogP contribution in [0.15, 0.2) is 18.3 Å². The van der Waals surface area contributed by atoms with E-state index in [0.717, 1.165) is 44.5 Å². The van der Waals surface area contributed by atoms with Crippen LogP contribution in [-0.2, 0) is 4.79 Å². The number of likely N-dealkylation sites (tertiary alicyclic amines) is 1. The first-order valence-electron chi connectivity index (χ1n) is 9.23. The van der Waals surface area contributed by atoms with Gasteiger partial charge in [0.1, 0.15) is 5.82 Å². The first-order chi connectivity index (χ1) is 12.0. The van der Waals surface area contributed by atoms with E-state index in [4.69, 9.17) is 0 Å². The summed E-state index contributed by atoms with van der Waals surface area (Å²) in [6, 6.07) is 3.67. The van der Waals surface area contributed by atoms with Crippen molar-refractivity contribution in [1.29, 1.82) is 0 Å². The number of carbonyl (C=O) groups excluding carboxylic acids is 2. The van der Waals surface area contributed by atoms with Crippen molar-refractivity contribution in [3.05, 3.63) is 23.9 Å². The van der Waals surface area contributed by atoms with Crippen LogP contribution in [0.1, 0.15) is 49.4 Å². The Balaban J connectivity index is 1.80. The molecule has 25 heavy (non-hydrogen) atoms. The number of amides is 2. The second-order valence-electron chi connectivity index (χ2n) is 6.86. The van der Waals surface area contributed by atoms with Crippen molar-refractivity contribution in [3.8, 4) is 0 Å². The Morgan fingerprint density at radius 2 is 1.96 bits per heavy atom. The summed E-state index contributed by atoms with van der Waals surface area (Å²) < 4.78 is 0. The van der Waals surface area contributed by atoms with E-state index in [9.17, 15) is 9.59 Å². The molecular formula is C19H30N4O2. The summed E-state index contributed by atoms with van der Waals surface area (Å²) in [5.41, 5.74) is 0.605. The van der Waals surface area contributed by atoms with Crippen LogP contribution < -0.4 is 10.2 Å². The summed E-state index contributed by atoms with van der Waals surface area (Å²) in [5.74, 6) is 0.995. The van der Waals surface area contributed by atoms with Gasteiger partial charge in [-0.1, -0.05) is 19.8 Å². The molecule has 2 rings (SSSR count). The van der Waals surface area contributed by atoms with E-state index in [2.05, 4.69) is 17.2 Å². The maximum atomic E-state index is 12.6. The number of nitrogens with zero attached hydrogens (tertiary/aromatic N) is 3. The van der Waals surface area contributed by atoms with Crippen LogP contribution in [0.25, 0.3) is 0 Å². The Bertz CT molecular complexity index is 563. The summed E-state index contributed by atoms with van der Waals surface area (Å²) in [4.78, 5) is 32.8. The molecule has 0 unspecified atom stereocenters. The van der Waals surface area contributed by atoms with Crippen molar-refractivity contribution in [1.82, 2.24) is 15.2 Å². The van der Waals surface area contributed by atoms with Gasteiger partial charge in [-0.15, -0.1) is 0 Å². The van der Waals surface area contributed by atoms with E-state index < -0.39 is 0 Å². The molecule has 0 aliphatic carbocycles. The summed E-state index contributed by atoms with van der Waals surface area (Å²) in [7, 11) is 3.84. The molecule has 0 bridgehead atoms. The number of unbranched alkanes of at least 4 members (excludes halogenated alkanes) is 2. The number of carbonyl (C=O) groups is 2. The summed E-state index contributed by atoms with van der Waals surface area (Å²) >= 11 is 0. The number of hydrogen-bond donors (Lipinski definition) is 1. The Morgan fingerprint density at radius 1 is 1.24 bits per heavy atom. The maximum absolute atomic E-state index is 12.6.